The van der Waals surface area contributed by atoms with E-state index in [9.17, 15) is 9.18 Å². The Morgan fingerprint density at radius 2 is 1.78 bits per heavy atom. The maximum Gasteiger partial charge on any atom is 0.272 e. The first-order chi connectivity index (χ1) is 16.9. The maximum atomic E-state index is 14.1. The van der Waals surface area contributed by atoms with E-state index in [1.165, 1.54) is 0 Å². The zero-order valence-corrected chi connectivity index (χ0v) is 26.6. The maximum absolute atomic E-state index is 14.1. The molecule has 0 unspecified atom stereocenters. The standard InChI is InChI=1S/C23H28FN4O.C3H8O2.C2H6.Y/c1-15-6-7-16(12-17(15)24)27-14-22(2,3)20-19(27)9-8-18(26-20)21(29)28-11-10-25-13-23(28,4)5;1-3(2)5-4;1-2;/h6-9,12H,10-11,13-14H2,1-5H3;3-4H,1-2H3;1-2H3;/q-1;;;. The molecule has 1 N–H and O–H groups in total. The molecule has 4 rings (SSSR count). The van der Waals surface area contributed by atoms with Crippen molar-refractivity contribution < 1.29 is 52.0 Å². The molecule has 1 amide bonds. The molecular formula is C28H42FN4O3Y-. The zero-order valence-electron chi connectivity index (χ0n) is 23.8. The van der Waals surface area contributed by atoms with Crippen LogP contribution in [-0.2, 0) is 43.0 Å². The normalized spacial score (nSPS) is 17.1. The Morgan fingerprint density at radius 1 is 1.16 bits per heavy atom. The number of aryl methyl sites for hydroxylation is 1. The molecule has 203 valence electrons. The van der Waals surface area contributed by atoms with Gasteiger partial charge in [-0.25, -0.2) is 14.3 Å². The molecule has 37 heavy (non-hydrogen) atoms. The summed E-state index contributed by atoms with van der Waals surface area (Å²) in [4.78, 5) is 25.7. The average Bonchev–Trinajstić information content (AvgIpc) is 3.12. The fourth-order valence-corrected chi connectivity index (χ4v) is 4.25. The average molecular weight is 591 g/mol. The molecule has 1 saturated heterocycles. The van der Waals surface area contributed by atoms with E-state index < -0.39 is 0 Å². The van der Waals surface area contributed by atoms with Crippen molar-refractivity contribution in [2.24, 2.45) is 0 Å². The van der Waals surface area contributed by atoms with Gasteiger partial charge in [0.05, 0.1) is 17.5 Å². The number of anilines is 2. The quantitative estimate of drug-likeness (QED) is 0.327. The number of halogens is 1. The molecule has 0 spiro atoms. The van der Waals surface area contributed by atoms with Crippen LogP contribution in [0.1, 0.15) is 77.1 Å². The number of hydrogen-bond acceptors (Lipinski definition) is 5. The summed E-state index contributed by atoms with van der Waals surface area (Å²) in [5, 5.41) is 12.1. The molecule has 0 bridgehead atoms. The Balaban J connectivity index is 0.000000768. The van der Waals surface area contributed by atoms with Crippen molar-refractivity contribution >= 4 is 17.3 Å². The second-order valence-electron chi connectivity index (χ2n) is 10.5. The van der Waals surface area contributed by atoms with Crippen molar-refractivity contribution in [3.63, 3.8) is 0 Å². The molecule has 1 fully saturated rings. The van der Waals surface area contributed by atoms with E-state index in [1.807, 2.05) is 44.7 Å². The van der Waals surface area contributed by atoms with Crippen molar-refractivity contribution in [1.82, 2.24) is 9.88 Å². The van der Waals surface area contributed by atoms with Gasteiger partial charge < -0.3 is 15.1 Å². The first kappa shape index (κ1) is 33.6. The Kier molecular flexibility index (Phi) is 12.8. The number of nitrogens with zero attached hydrogens (tertiary/aromatic N) is 4. The molecule has 9 heteroatoms. The number of aromatic nitrogens is 1. The van der Waals surface area contributed by atoms with E-state index in [0.29, 0.717) is 37.4 Å². The molecule has 1 aromatic carbocycles. The van der Waals surface area contributed by atoms with Gasteiger partial charge in [0.2, 0.25) is 0 Å². The van der Waals surface area contributed by atoms with E-state index in [4.69, 9.17) is 10.2 Å². The Morgan fingerprint density at radius 3 is 2.32 bits per heavy atom. The second-order valence-corrected chi connectivity index (χ2v) is 10.5. The third-order valence-electron chi connectivity index (χ3n) is 6.21. The monoisotopic (exact) mass is 590 g/mol. The number of rotatable bonds is 3. The van der Waals surface area contributed by atoms with Crippen LogP contribution < -0.4 is 4.90 Å². The van der Waals surface area contributed by atoms with Crippen LogP contribution in [0.15, 0.2) is 30.3 Å². The first-order valence-electron chi connectivity index (χ1n) is 12.7. The second kappa shape index (κ2) is 14.1. The topological polar surface area (TPSA) is 80.0 Å². The fraction of sp³-hybridized carbons (Fsp3) is 0.571. The van der Waals surface area contributed by atoms with Gasteiger partial charge in [-0.05, 0) is 64.4 Å². The van der Waals surface area contributed by atoms with E-state index in [-0.39, 0.29) is 61.5 Å². The first-order valence-corrected chi connectivity index (χ1v) is 12.7. The zero-order chi connectivity index (χ0) is 27.3. The Labute approximate surface area is 247 Å². The molecule has 2 aliphatic rings. The summed E-state index contributed by atoms with van der Waals surface area (Å²) in [7, 11) is 0. The largest absolute Gasteiger partial charge is 0.659 e. The van der Waals surface area contributed by atoms with Crippen LogP contribution >= 0.6 is 0 Å². The van der Waals surface area contributed by atoms with Crippen LogP contribution in [0.3, 0.4) is 0 Å². The van der Waals surface area contributed by atoms with Crippen molar-refractivity contribution in [2.45, 2.75) is 79.4 Å². The number of carbonyl (C=O) groups excluding carboxylic acids is 1. The molecule has 0 saturated carbocycles. The van der Waals surface area contributed by atoms with Gasteiger partial charge in [-0.2, -0.15) is 0 Å². The van der Waals surface area contributed by atoms with Gasteiger partial charge in [0.25, 0.3) is 5.91 Å². The minimum absolute atomic E-state index is 0. The van der Waals surface area contributed by atoms with E-state index in [2.05, 4.69) is 29.0 Å². The van der Waals surface area contributed by atoms with Crippen molar-refractivity contribution in [3.8, 4) is 0 Å². The van der Waals surface area contributed by atoms with Crippen molar-refractivity contribution in [3.05, 3.63) is 58.4 Å². The molecule has 3 heterocycles. The summed E-state index contributed by atoms with van der Waals surface area (Å²) in [6, 6.07) is 9.04. The molecule has 7 nitrogen and oxygen atoms in total. The third-order valence-corrected chi connectivity index (χ3v) is 6.21. The van der Waals surface area contributed by atoms with E-state index >= 15 is 0 Å². The summed E-state index contributed by atoms with van der Waals surface area (Å²) in [5.41, 5.74) is 3.15. The van der Waals surface area contributed by atoms with Gasteiger partial charge in [0.1, 0.15) is 11.5 Å². The van der Waals surface area contributed by atoms with Crippen LogP contribution in [0.2, 0.25) is 0 Å². The molecule has 1 radical (unpaired) electrons. The van der Waals surface area contributed by atoms with Crippen LogP contribution in [0.4, 0.5) is 15.8 Å². The third kappa shape index (κ3) is 8.02. The van der Waals surface area contributed by atoms with E-state index in [1.54, 1.807) is 39.0 Å². The van der Waals surface area contributed by atoms with Crippen LogP contribution in [0.5, 0.6) is 0 Å². The predicted octanol–water partition coefficient (Wildman–Crippen LogP) is 6.47. The van der Waals surface area contributed by atoms with Gasteiger partial charge in [-0.15, -0.1) is 13.1 Å². The summed E-state index contributed by atoms with van der Waals surface area (Å²) in [5.74, 6) is -0.269. The van der Waals surface area contributed by atoms with Crippen LogP contribution in [-0.4, -0.2) is 58.9 Å². The number of piperazine rings is 1. The number of pyridine rings is 1. The van der Waals surface area contributed by atoms with Gasteiger partial charge >= 0.3 is 0 Å². The Hall–Kier alpha value is -1.45. The minimum Gasteiger partial charge on any atom is -0.659 e. The number of hydrogen-bond donors (Lipinski definition) is 1. The van der Waals surface area contributed by atoms with Gasteiger partial charge in [0.15, 0.2) is 0 Å². The van der Waals surface area contributed by atoms with Crippen LogP contribution in [0, 0.1) is 12.7 Å². The van der Waals surface area contributed by atoms with Gasteiger partial charge in [-0.3, -0.25) is 10.1 Å². The number of carbonyl (C=O) groups is 1. The van der Waals surface area contributed by atoms with Crippen molar-refractivity contribution in [1.29, 1.82) is 0 Å². The van der Waals surface area contributed by atoms with Gasteiger partial charge in [0, 0.05) is 62.4 Å². The molecule has 0 atom stereocenters. The molecule has 0 aliphatic carbocycles. The van der Waals surface area contributed by atoms with Crippen molar-refractivity contribution in [2.75, 3.05) is 31.1 Å². The molecule has 2 aliphatic heterocycles. The SMILES string of the molecule is CC.CC(C)OO.Cc1ccc(N2CC(C)(C)c3nc(C(=O)N4CC[N-]CC4(C)C)ccc32)cc1F.[Y]. The summed E-state index contributed by atoms with van der Waals surface area (Å²) >= 11 is 0. The molecule has 2 aromatic rings. The summed E-state index contributed by atoms with van der Waals surface area (Å²) in [6.07, 6.45) is -0.0602. The van der Waals surface area contributed by atoms with Crippen LogP contribution in [0.25, 0.3) is 5.32 Å². The minimum atomic E-state index is -0.309. The molecule has 1 aromatic heterocycles. The summed E-state index contributed by atoms with van der Waals surface area (Å²) < 4.78 is 14.1. The van der Waals surface area contributed by atoms with Gasteiger partial charge in [-0.1, -0.05) is 33.8 Å². The predicted molar refractivity (Wildman–Crippen MR) is 144 cm³/mol. The fourth-order valence-electron chi connectivity index (χ4n) is 4.25. The molecular weight excluding hydrogens is 548 g/mol. The Bertz CT molecular complexity index is 1050. The summed E-state index contributed by atoms with van der Waals surface area (Å²) in [6.45, 7) is 20.2. The number of fused-ring (bicyclic) bond motifs is 1. The smallest absolute Gasteiger partial charge is 0.272 e. The van der Waals surface area contributed by atoms with E-state index in [0.717, 1.165) is 17.1 Å². The number of benzene rings is 1. The number of amides is 1.